The second-order valence-electron chi connectivity index (χ2n) is 7.18. The van der Waals surface area contributed by atoms with E-state index < -0.39 is 59.8 Å². The van der Waals surface area contributed by atoms with E-state index in [1.54, 1.807) is 6.07 Å². The smallest absolute Gasteiger partial charge is 0.404 e. The van der Waals surface area contributed by atoms with Gasteiger partial charge in [-0.1, -0.05) is 18.2 Å². The molecule has 2 aromatic rings. The highest BCUT2D eigenvalue weighted by Gasteiger charge is 2.44. The predicted molar refractivity (Wildman–Crippen MR) is 115 cm³/mol. The molecule has 1 aromatic heterocycles. The van der Waals surface area contributed by atoms with E-state index in [0.29, 0.717) is 0 Å². The van der Waals surface area contributed by atoms with Crippen molar-refractivity contribution in [3.8, 4) is 5.75 Å². The molecule has 19 heteroatoms. The Morgan fingerprint density at radius 3 is 2.34 bits per heavy atom. The van der Waals surface area contributed by atoms with Crippen molar-refractivity contribution < 1.29 is 55.9 Å². The Balaban J connectivity index is 1.59. The summed E-state index contributed by atoms with van der Waals surface area (Å²) in [4.78, 5) is 54.5. The minimum Gasteiger partial charge on any atom is -0.404 e. The van der Waals surface area contributed by atoms with Gasteiger partial charge in [-0.2, -0.15) is 8.62 Å². The zero-order valence-electron chi connectivity index (χ0n) is 17.8. The SMILES string of the molecule is Cc1cn([C@H]2C[C@H](O)[C@@H](COP(=O)(O)OP(=O)(O)OP(=O)(O)Oc3ccccc3)O2)c(=O)[nH]c1=O. The van der Waals surface area contributed by atoms with E-state index in [9.17, 15) is 43.1 Å². The number of H-pyrrole nitrogens is 1. The normalized spacial score (nSPS) is 25.3. The van der Waals surface area contributed by atoms with Crippen LogP contribution in [0.25, 0.3) is 0 Å². The molecule has 1 aliphatic heterocycles. The first kappa shape index (κ1) is 27.7. The Bertz CT molecular complexity index is 1310. The van der Waals surface area contributed by atoms with Gasteiger partial charge in [-0.25, -0.2) is 18.5 Å². The molecule has 1 aromatic carbocycles. The number of phosphoric ester groups is 2. The molecule has 2 heterocycles. The molecule has 3 rings (SSSR count). The zero-order valence-corrected chi connectivity index (χ0v) is 20.5. The standard InChI is InChI=1S/C16H21N2O14P3/c1-10-8-18(16(21)17-15(10)20)14-7-12(19)13(29-14)9-28-33(22,23)31-35(26,27)32-34(24,25)30-11-5-3-2-4-6-11/h2-6,8,12-14,19H,7,9H2,1H3,(H,22,23)(H,24,25)(H,26,27)(H,17,20,21)/t12-,13+,14+/m0/s1. The lowest BCUT2D eigenvalue weighted by Crippen LogP contribution is -2.33. The van der Waals surface area contributed by atoms with Gasteiger partial charge in [0.1, 0.15) is 18.1 Å². The number of para-hydroxylation sites is 1. The zero-order chi connectivity index (χ0) is 26.0. The Morgan fingerprint density at radius 1 is 1.06 bits per heavy atom. The van der Waals surface area contributed by atoms with Gasteiger partial charge in [0.25, 0.3) is 5.56 Å². The first-order valence-corrected chi connectivity index (χ1v) is 14.1. The predicted octanol–water partition coefficient (Wildman–Crippen LogP) is 0.923. The molecule has 0 spiro atoms. The second kappa shape index (κ2) is 10.6. The maximum absolute atomic E-state index is 12.1. The minimum atomic E-state index is -5.68. The summed E-state index contributed by atoms with van der Waals surface area (Å²) in [5.74, 6) is -0.208. The lowest BCUT2D eigenvalue weighted by Gasteiger charge is -2.20. The molecule has 0 aliphatic carbocycles. The lowest BCUT2D eigenvalue weighted by molar-refractivity contribution is -0.0450. The molecule has 0 radical (unpaired) electrons. The third-order valence-corrected chi connectivity index (χ3v) is 8.66. The van der Waals surface area contributed by atoms with Crippen molar-refractivity contribution in [2.45, 2.75) is 31.8 Å². The van der Waals surface area contributed by atoms with Crippen LogP contribution in [0.1, 0.15) is 18.2 Å². The number of hydrogen-bond acceptors (Lipinski definition) is 11. The topological polar surface area (TPSA) is 233 Å². The quantitative estimate of drug-likeness (QED) is 0.255. The van der Waals surface area contributed by atoms with Crippen LogP contribution in [0.5, 0.6) is 5.75 Å². The molecule has 1 fully saturated rings. The molecular weight excluding hydrogens is 537 g/mol. The van der Waals surface area contributed by atoms with Crippen molar-refractivity contribution in [1.29, 1.82) is 0 Å². The Morgan fingerprint density at radius 2 is 1.69 bits per heavy atom. The van der Waals surface area contributed by atoms with Crippen LogP contribution in [0.4, 0.5) is 0 Å². The van der Waals surface area contributed by atoms with Gasteiger partial charge in [-0.05, 0) is 19.1 Å². The summed E-state index contributed by atoms with van der Waals surface area (Å²) >= 11 is 0. The fourth-order valence-electron chi connectivity index (χ4n) is 2.93. The fourth-order valence-corrected chi connectivity index (χ4v) is 6.45. The van der Waals surface area contributed by atoms with Gasteiger partial charge in [0.15, 0.2) is 0 Å². The van der Waals surface area contributed by atoms with Crippen molar-refractivity contribution in [3.63, 3.8) is 0 Å². The number of aliphatic hydroxyl groups excluding tert-OH is 1. The number of benzene rings is 1. The maximum Gasteiger partial charge on any atom is 0.536 e. The fraction of sp³-hybridized carbons (Fsp3) is 0.375. The Labute approximate surface area is 196 Å². The summed E-state index contributed by atoms with van der Waals surface area (Å²) < 4.78 is 59.4. The molecule has 1 aliphatic rings. The number of hydrogen-bond donors (Lipinski definition) is 5. The number of nitrogens with one attached hydrogen (secondary N) is 1. The van der Waals surface area contributed by atoms with Crippen LogP contribution in [-0.4, -0.2) is 48.2 Å². The van der Waals surface area contributed by atoms with E-state index in [0.717, 1.165) is 4.57 Å². The molecule has 6 atom stereocenters. The van der Waals surface area contributed by atoms with Crippen molar-refractivity contribution in [2.24, 2.45) is 0 Å². The highest BCUT2D eigenvalue weighted by atomic mass is 31.3. The number of aromatic nitrogens is 2. The number of rotatable bonds is 10. The van der Waals surface area contributed by atoms with Gasteiger partial charge >= 0.3 is 29.2 Å². The number of aromatic amines is 1. The van der Waals surface area contributed by atoms with Crippen molar-refractivity contribution >= 4 is 23.5 Å². The summed E-state index contributed by atoms with van der Waals surface area (Å²) in [6, 6.07) is 6.89. The first-order valence-electron chi connectivity index (χ1n) is 9.62. The van der Waals surface area contributed by atoms with Crippen LogP contribution in [0.3, 0.4) is 0 Å². The average Bonchev–Trinajstić information content (AvgIpc) is 3.08. The van der Waals surface area contributed by atoms with Gasteiger partial charge in [0.05, 0.1) is 12.7 Å². The van der Waals surface area contributed by atoms with Crippen LogP contribution in [0, 0.1) is 6.92 Å². The summed E-state index contributed by atoms with van der Waals surface area (Å²) in [5, 5.41) is 10.1. The molecular formula is C16H21N2O14P3. The van der Waals surface area contributed by atoms with Crippen LogP contribution in [0.2, 0.25) is 0 Å². The van der Waals surface area contributed by atoms with E-state index in [-0.39, 0.29) is 17.7 Å². The lowest BCUT2D eigenvalue weighted by atomic mass is 10.2. The number of ether oxygens (including phenoxy) is 1. The van der Waals surface area contributed by atoms with E-state index in [1.165, 1.54) is 37.4 Å². The Kier molecular flexibility index (Phi) is 8.37. The molecule has 35 heavy (non-hydrogen) atoms. The van der Waals surface area contributed by atoms with Gasteiger partial charge in [-0.15, -0.1) is 0 Å². The molecule has 194 valence electrons. The third-order valence-electron chi connectivity index (χ3n) is 4.44. The maximum atomic E-state index is 12.1. The van der Waals surface area contributed by atoms with E-state index in [1.807, 2.05) is 0 Å². The van der Waals surface area contributed by atoms with Crippen LogP contribution < -0.4 is 15.8 Å². The average molecular weight is 558 g/mol. The van der Waals surface area contributed by atoms with Gasteiger partial charge in [0.2, 0.25) is 0 Å². The van der Waals surface area contributed by atoms with Gasteiger partial charge in [-0.3, -0.25) is 23.8 Å². The molecule has 5 N–H and O–H groups in total. The van der Waals surface area contributed by atoms with Gasteiger partial charge < -0.3 is 24.2 Å². The van der Waals surface area contributed by atoms with Gasteiger partial charge in [0, 0.05) is 18.2 Å². The van der Waals surface area contributed by atoms with Crippen molar-refractivity contribution in [1.82, 2.24) is 9.55 Å². The molecule has 1 saturated heterocycles. The molecule has 0 bridgehead atoms. The first-order chi connectivity index (χ1) is 16.2. The Hall–Kier alpha value is -1.93. The summed E-state index contributed by atoms with van der Waals surface area (Å²) in [5.41, 5.74) is -1.24. The van der Waals surface area contributed by atoms with Crippen molar-refractivity contribution in [3.05, 3.63) is 62.9 Å². The molecule has 3 unspecified atom stereocenters. The highest BCUT2D eigenvalue weighted by Crippen LogP contribution is 2.67. The van der Waals surface area contributed by atoms with E-state index >= 15 is 0 Å². The summed E-state index contributed by atoms with van der Waals surface area (Å²) in [6.07, 6.45) is -2.64. The van der Waals surface area contributed by atoms with Crippen LogP contribution in [-0.2, 0) is 31.6 Å². The van der Waals surface area contributed by atoms with E-state index in [2.05, 4.69) is 22.7 Å². The van der Waals surface area contributed by atoms with Crippen molar-refractivity contribution in [2.75, 3.05) is 6.61 Å². The van der Waals surface area contributed by atoms with E-state index in [4.69, 9.17) is 4.74 Å². The number of phosphoric acid groups is 3. The molecule has 0 saturated carbocycles. The number of aliphatic hydroxyl groups is 1. The summed E-state index contributed by atoms with van der Waals surface area (Å²) in [7, 11) is -16.4. The second-order valence-corrected chi connectivity index (χ2v) is 11.7. The number of aryl methyl sites for hydroxylation is 1. The van der Waals surface area contributed by atoms with Crippen LogP contribution >= 0.6 is 23.5 Å². The summed E-state index contributed by atoms with van der Waals surface area (Å²) in [6.45, 7) is 0.575. The molecule has 16 nitrogen and oxygen atoms in total. The third kappa shape index (κ3) is 7.78. The monoisotopic (exact) mass is 558 g/mol. The molecule has 0 amide bonds. The minimum absolute atomic E-state index is 0.165. The van der Waals surface area contributed by atoms with Crippen LogP contribution in [0.15, 0.2) is 46.1 Å². The number of nitrogens with zero attached hydrogens (tertiary/aromatic N) is 1. The largest absolute Gasteiger partial charge is 0.536 e. The highest BCUT2D eigenvalue weighted by molar-refractivity contribution is 7.67.